The minimum Gasteiger partial charge on any atom is -0.373 e. The van der Waals surface area contributed by atoms with Crippen molar-refractivity contribution >= 4 is 11.6 Å². The summed E-state index contributed by atoms with van der Waals surface area (Å²) in [6, 6.07) is 0.648. The van der Waals surface area contributed by atoms with Crippen LogP contribution in [0.25, 0.3) is 0 Å². The number of aromatic nitrogens is 2. The monoisotopic (exact) mass is 260 g/mol. The Bertz CT molecular complexity index is 426. The molecule has 4 heteroatoms. The molecule has 0 aromatic carbocycles. The van der Waals surface area contributed by atoms with E-state index in [-0.39, 0.29) is 0 Å². The number of anilines is 2. The number of hydrogen-bond acceptors (Lipinski definition) is 4. The second-order valence-electron chi connectivity index (χ2n) is 5.89. The Morgan fingerprint density at radius 1 is 1.16 bits per heavy atom. The first-order valence-electron chi connectivity index (χ1n) is 7.61. The van der Waals surface area contributed by atoms with Gasteiger partial charge in [-0.2, -0.15) is 0 Å². The first-order chi connectivity index (χ1) is 9.33. The van der Waals surface area contributed by atoms with Gasteiger partial charge in [0.15, 0.2) is 0 Å². The van der Waals surface area contributed by atoms with E-state index in [9.17, 15) is 0 Å². The molecule has 3 rings (SSSR count). The van der Waals surface area contributed by atoms with E-state index in [1.54, 1.807) is 6.33 Å². The summed E-state index contributed by atoms with van der Waals surface area (Å²) in [5.74, 6) is 3.81. The molecule has 1 heterocycles. The molecular weight excluding hydrogens is 236 g/mol. The molecule has 2 aliphatic rings. The van der Waals surface area contributed by atoms with Crippen LogP contribution in [0.1, 0.15) is 44.6 Å². The molecule has 1 aromatic heterocycles. The zero-order valence-electron chi connectivity index (χ0n) is 11.9. The van der Waals surface area contributed by atoms with Crippen LogP contribution < -0.4 is 10.6 Å². The van der Waals surface area contributed by atoms with Gasteiger partial charge in [-0.25, -0.2) is 9.97 Å². The summed E-state index contributed by atoms with van der Waals surface area (Å²) in [5.41, 5.74) is 1.25. The molecule has 0 bridgehead atoms. The third kappa shape index (κ3) is 2.82. The maximum atomic E-state index is 4.50. The Labute approximate surface area is 115 Å². The highest BCUT2D eigenvalue weighted by Crippen LogP contribution is 2.46. The Morgan fingerprint density at radius 3 is 2.32 bits per heavy atom. The fourth-order valence-electron chi connectivity index (χ4n) is 2.93. The Balaban J connectivity index is 1.81. The fraction of sp³-hybridized carbons (Fsp3) is 0.733. The molecule has 4 nitrogen and oxygen atoms in total. The molecule has 0 radical (unpaired) electrons. The summed E-state index contributed by atoms with van der Waals surface area (Å²) in [6.45, 7) is 2.20. The van der Waals surface area contributed by atoms with E-state index in [0.29, 0.717) is 6.04 Å². The van der Waals surface area contributed by atoms with Crippen LogP contribution in [0.3, 0.4) is 0 Å². The van der Waals surface area contributed by atoms with E-state index in [2.05, 4.69) is 27.5 Å². The molecule has 0 amide bonds. The predicted molar refractivity (Wildman–Crippen MR) is 78.4 cm³/mol. The molecule has 2 saturated carbocycles. The van der Waals surface area contributed by atoms with E-state index in [1.165, 1.54) is 31.2 Å². The van der Waals surface area contributed by atoms with Gasteiger partial charge in [0.1, 0.15) is 18.0 Å². The molecular formula is C15H24N4. The van der Waals surface area contributed by atoms with Crippen molar-refractivity contribution in [3.8, 4) is 0 Å². The van der Waals surface area contributed by atoms with E-state index in [0.717, 1.165) is 36.3 Å². The van der Waals surface area contributed by atoms with Crippen molar-refractivity contribution in [3.63, 3.8) is 0 Å². The van der Waals surface area contributed by atoms with Crippen molar-refractivity contribution in [1.82, 2.24) is 9.97 Å². The number of nitrogens with zero attached hydrogens (tertiary/aromatic N) is 2. The van der Waals surface area contributed by atoms with Crippen LogP contribution in [0.5, 0.6) is 0 Å². The third-order valence-electron chi connectivity index (χ3n) is 4.25. The molecule has 0 aliphatic heterocycles. The maximum absolute atomic E-state index is 4.50. The first kappa shape index (κ1) is 12.7. The fourth-order valence-corrected chi connectivity index (χ4v) is 2.93. The molecule has 0 unspecified atom stereocenters. The van der Waals surface area contributed by atoms with Gasteiger partial charge in [0, 0.05) is 18.7 Å². The molecule has 2 fully saturated rings. The maximum Gasteiger partial charge on any atom is 0.134 e. The van der Waals surface area contributed by atoms with Crippen molar-refractivity contribution in [1.29, 1.82) is 0 Å². The van der Waals surface area contributed by atoms with Crippen LogP contribution in [-0.2, 0) is 6.42 Å². The quantitative estimate of drug-likeness (QED) is 0.791. The van der Waals surface area contributed by atoms with Gasteiger partial charge in [-0.05, 0) is 43.9 Å². The summed E-state index contributed by atoms with van der Waals surface area (Å²) >= 11 is 0. The number of nitrogens with one attached hydrogen (secondary N) is 2. The molecule has 19 heavy (non-hydrogen) atoms. The largest absolute Gasteiger partial charge is 0.373 e. The van der Waals surface area contributed by atoms with Crippen molar-refractivity contribution in [2.75, 3.05) is 17.7 Å². The van der Waals surface area contributed by atoms with Crippen LogP contribution in [-0.4, -0.2) is 23.1 Å². The van der Waals surface area contributed by atoms with Gasteiger partial charge in [-0.3, -0.25) is 0 Å². The summed E-state index contributed by atoms with van der Waals surface area (Å²) in [5, 5.41) is 6.93. The van der Waals surface area contributed by atoms with Crippen molar-refractivity contribution in [2.24, 2.45) is 11.8 Å². The van der Waals surface area contributed by atoms with Gasteiger partial charge in [0.2, 0.25) is 0 Å². The minimum absolute atomic E-state index is 0.648. The molecule has 1 aromatic rings. The van der Waals surface area contributed by atoms with Crippen molar-refractivity contribution in [3.05, 3.63) is 11.9 Å². The van der Waals surface area contributed by atoms with E-state index < -0.39 is 0 Å². The Kier molecular flexibility index (Phi) is 3.58. The standard InChI is InChI=1S/C15H24N4/c1-3-4-12-14(16-2)17-9-18-15(12)19-13(10-5-6-10)11-7-8-11/h9-11,13H,3-8H2,1-2H3,(H2,16,17,18,19). The smallest absolute Gasteiger partial charge is 0.134 e. The molecule has 0 saturated heterocycles. The van der Waals surface area contributed by atoms with E-state index in [4.69, 9.17) is 0 Å². The van der Waals surface area contributed by atoms with Crippen LogP contribution in [0.2, 0.25) is 0 Å². The highest BCUT2D eigenvalue weighted by atomic mass is 15.1. The van der Waals surface area contributed by atoms with Crippen LogP contribution in [0.4, 0.5) is 11.6 Å². The van der Waals surface area contributed by atoms with Gasteiger partial charge in [0.05, 0.1) is 0 Å². The average Bonchev–Trinajstić information content (AvgIpc) is 3.29. The Morgan fingerprint density at radius 2 is 1.79 bits per heavy atom. The highest BCUT2D eigenvalue weighted by Gasteiger charge is 2.41. The van der Waals surface area contributed by atoms with Crippen LogP contribution >= 0.6 is 0 Å². The zero-order valence-corrected chi connectivity index (χ0v) is 11.9. The molecule has 2 aliphatic carbocycles. The Hall–Kier alpha value is -1.32. The average molecular weight is 260 g/mol. The molecule has 0 atom stereocenters. The van der Waals surface area contributed by atoms with Crippen LogP contribution in [0, 0.1) is 11.8 Å². The predicted octanol–water partition coefficient (Wildman–Crippen LogP) is 3.07. The topological polar surface area (TPSA) is 49.8 Å². The normalized spacial score (nSPS) is 18.7. The lowest BCUT2D eigenvalue weighted by atomic mass is 10.1. The second-order valence-corrected chi connectivity index (χ2v) is 5.89. The van der Waals surface area contributed by atoms with Gasteiger partial charge < -0.3 is 10.6 Å². The zero-order chi connectivity index (χ0) is 13.2. The van der Waals surface area contributed by atoms with Crippen molar-refractivity contribution in [2.45, 2.75) is 51.5 Å². The first-order valence-corrected chi connectivity index (χ1v) is 7.61. The minimum atomic E-state index is 0.648. The highest BCUT2D eigenvalue weighted by molar-refractivity contribution is 5.57. The number of hydrogen-bond donors (Lipinski definition) is 2. The second kappa shape index (κ2) is 5.35. The summed E-state index contributed by atoms with van der Waals surface area (Å²) in [6.07, 6.45) is 9.38. The van der Waals surface area contributed by atoms with E-state index in [1.807, 2.05) is 7.05 Å². The van der Waals surface area contributed by atoms with Gasteiger partial charge in [-0.15, -0.1) is 0 Å². The molecule has 104 valence electrons. The third-order valence-corrected chi connectivity index (χ3v) is 4.25. The molecule has 0 spiro atoms. The summed E-state index contributed by atoms with van der Waals surface area (Å²) in [4.78, 5) is 8.85. The van der Waals surface area contributed by atoms with Crippen LogP contribution in [0.15, 0.2) is 6.33 Å². The SMILES string of the molecule is CCCc1c(NC)ncnc1NC(C1CC1)C1CC1. The number of rotatable bonds is 7. The van der Waals surface area contributed by atoms with Crippen molar-refractivity contribution < 1.29 is 0 Å². The summed E-state index contributed by atoms with van der Waals surface area (Å²) < 4.78 is 0. The molecule has 2 N–H and O–H groups in total. The van der Waals surface area contributed by atoms with Gasteiger partial charge in [-0.1, -0.05) is 13.3 Å². The van der Waals surface area contributed by atoms with Gasteiger partial charge in [0.25, 0.3) is 0 Å². The lowest BCUT2D eigenvalue weighted by Crippen LogP contribution is -2.26. The lowest BCUT2D eigenvalue weighted by Gasteiger charge is -2.21. The lowest BCUT2D eigenvalue weighted by molar-refractivity contribution is 0.564. The van der Waals surface area contributed by atoms with Gasteiger partial charge >= 0.3 is 0 Å². The van der Waals surface area contributed by atoms with E-state index >= 15 is 0 Å². The summed E-state index contributed by atoms with van der Waals surface area (Å²) in [7, 11) is 1.94.